The molecule has 0 aromatic heterocycles. The molecule has 0 unspecified atom stereocenters. The van der Waals surface area contributed by atoms with Gasteiger partial charge in [-0.15, -0.1) is 0 Å². The van der Waals surface area contributed by atoms with Crippen molar-refractivity contribution in [3.8, 4) is 11.5 Å². The van der Waals surface area contributed by atoms with Crippen molar-refractivity contribution in [2.24, 2.45) is 0 Å². The molecule has 3 rings (SSSR count). The summed E-state index contributed by atoms with van der Waals surface area (Å²) < 4.78 is 15.3. The second-order valence-corrected chi connectivity index (χ2v) is 6.61. The summed E-state index contributed by atoms with van der Waals surface area (Å²) in [7, 11) is 0. The zero-order chi connectivity index (χ0) is 20.1. The number of esters is 1. The maximum Gasteiger partial charge on any atom is 0.331 e. The highest BCUT2D eigenvalue weighted by molar-refractivity contribution is 5.90. The molecule has 0 saturated carbocycles. The van der Waals surface area contributed by atoms with Crippen LogP contribution < -0.4 is 9.47 Å². The van der Waals surface area contributed by atoms with Crippen LogP contribution in [0.15, 0.2) is 18.2 Å². The third-order valence-corrected chi connectivity index (χ3v) is 4.87. The first-order chi connectivity index (χ1) is 13.5. The van der Waals surface area contributed by atoms with Gasteiger partial charge in [0.25, 0.3) is 11.6 Å². The molecule has 1 fully saturated rings. The molecule has 0 N–H and O–H groups in total. The molecule has 1 atom stereocenters. The highest BCUT2D eigenvalue weighted by Gasteiger charge is 2.26. The van der Waals surface area contributed by atoms with E-state index in [1.807, 2.05) is 6.92 Å². The SMILES string of the molecule is CC[C@@H]1CCCCN1C(=O)COC(=O)/C=C/c1cc2c(cc1[N+](=O)[O-])OCO2. The van der Waals surface area contributed by atoms with Crippen molar-refractivity contribution in [2.45, 2.75) is 38.6 Å². The molecule has 2 aliphatic heterocycles. The highest BCUT2D eigenvalue weighted by Crippen LogP contribution is 2.38. The lowest BCUT2D eigenvalue weighted by Gasteiger charge is -2.35. The van der Waals surface area contributed by atoms with Crippen molar-refractivity contribution >= 4 is 23.6 Å². The minimum atomic E-state index is -0.745. The molecule has 2 heterocycles. The number of likely N-dealkylation sites (tertiary alicyclic amines) is 1. The number of carbonyl (C=O) groups excluding carboxylic acids is 2. The number of nitrogens with zero attached hydrogens (tertiary/aromatic N) is 2. The number of hydrogen-bond donors (Lipinski definition) is 0. The van der Waals surface area contributed by atoms with Crippen LogP contribution in [-0.4, -0.2) is 47.7 Å². The van der Waals surface area contributed by atoms with E-state index in [-0.39, 0.29) is 42.3 Å². The third-order valence-electron chi connectivity index (χ3n) is 4.87. The van der Waals surface area contributed by atoms with Crippen LogP contribution in [0.1, 0.15) is 38.2 Å². The Hall–Kier alpha value is -3.10. The molecule has 1 amide bonds. The first-order valence-corrected chi connectivity index (χ1v) is 9.22. The Bertz CT molecular complexity index is 806. The molecule has 1 aromatic rings. The number of nitro groups is 1. The summed E-state index contributed by atoms with van der Waals surface area (Å²) in [6.07, 6.45) is 6.20. The molecule has 150 valence electrons. The number of benzene rings is 1. The van der Waals surface area contributed by atoms with Crippen molar-refractivity contribution in [3.05, 3.63) is 33.9 Å². The van der Waals surface area contributed by atoms with Gasteiger partial charge in [0, 0.05) is 18.7 Å². The van der Waals surface area contributed by atoms with E-state index in [0.717, 1.165) is 31.8 Å². The summed E-state index contributed by atoms with van der Waals surface area (Å²) in [5.41, 5.74) is -0.0388. The largest absolute Gasteiger partial charge is 0.454 e. The van der Waals surface area contributed by atoms with Crippen LogP contribution >= 0.6 is 0 Å². The van der Waals surface area contributed by atoms with E-state index in [9.17, 15) is 19.7 Å². The zero-order valence-electron chi connectivity index (χ0n) is 15.6. The predicted octanol–water partition coefficient (Wildman–Crippen LogP) is 2.67. The topological polar surface area (TPSA) is 108 Å². The Morgan fingerprint density at radius 2 is 2.07 bits per heavy atom. The van der Waals surface area contributed by atoms with E-state index in [2.05, 4.69) is 0 Å². The average molecular weight is 390 g/mol. The number of piperidine rings is 1. The first kappa shape index (κ1) is 19.7. The predicted molar refractivity (Wildman–Crippen MR) is 98.9 cm³/mol. The second-order valence-electron chi connectivity index (χ2n) is 6.61. The lowest BCUT2D eigenvalue weighted by molar-refractivity contribution is -0.385. The normalized spacial score (nSPS) is 18.3. The molecular formula is C19H22N2O7. The van der Waals surface area contributed by atoms with Crippen LogP contribution in [0.2, 0.25) is 0 Å². The van der Waals surface area contributed by atoms with Crippen LogP contribution in [0.4, 0.5) is 5.69 Å². The molecule has 9 nitrogen and oxygen atoms in total. The monoisotopic (exact) mass is 390 g/mol. The molecular weight excluding hydrogens is 368 g/mol. The Morgan fingerprint density at radius 3 is 2.79 bits per heavy atom. The lowest BCUT2D eigenvalue weighted by Crippen LogP contribution is -2.45. The number of fused-ring (bicyclic) bond motifs is 1. The maximum absolute atomic E-state index is 12.3. The number of amides is 1. The van der Waals surface area contributed by atoms with Gasteiger partial charge in [-0.3, -0.25) is 14.9 Å². The van der Waals surface area contributed by atoms with Crippen molar-refractivity contribution < 1.29 is 28.7 Å². The quantitative estimate of drug-likeness (QED) is 0.318. The van der Waals surface area contributed by atoms with Crippen molar-refractivity contribution in [1.82, 2.24) is 4.90 Å². The summed E-state index contributed by atoms with van der Waals surface area (Å²) in [6.45, 7) is 2.35. The van der Waals surface area contributed by atoms with Gasteiger partial charge in [0.15, 0.2) is 18.1 Å². The molecule has 2 aliphatic rings. The minimum absolute atomic E-state index is 0.0148. The number of ether oxygens (including phenoxy) is 3. The summed E-state index contributed by atoms with van der Waals surface area (Å²) in [6, 6.07) is 2.86. The van der Waals surface area contributed by atoms with Crippen LogP contribution in [0.25, 0.3) is 6.08 Å². The van der Waals surface area contributed by atoms with Gasteiger partial charge in [0.2, 0.25) is 6.79 Å². The van der Waals surface area contributed by atoms with E-state index in [1.165, 1.54) is 18.2 Å². The Kier molecular flexibility index (Phi) is 6.13. The summed E-state index contributed by atoms with van der Waals surface area (Å²) in [5, 5.41) is 11.2. The maximum atomic E-state index is 12.3. The molecule has 1 saturated heterocycles. The Labute approximate surface area is 162 Å². The fourth-order valence-corrected chi connectivity index (χ4v) is 3.41. The van der Waals surface area contributed by atoms with Gasteiger partial charge in [0.05, 0.1) is 16.6 Å². The molecule has 0 bridgehead atoms. The van der Waals surface area contributed by atoms with Crippen LogP contribution in [0.3, 0.4) is 0 Å². The van der Waals surface area contributed by atoms with E-state index >= 15 is 0 Å². The third kappa shape index (κ3) is 4.41. The zero-order valence-corrected chi connectivity index (χ0v) is 15.6. The van der Waals surface area contributed by atoms with Gasteiger partial charge in [-0.2, -0.15) is 0 Å². The molecule has 0 radical (unpaired) electrons. The van der Waals surface area contributed by atoms with Crippen molar-refractivity contribution in [1.29, 1.82) is 0 Å². The van der Waals surface area contributed by atoms with Crippen LogP contribution in [0, 0.1) is 10.1 Å². The molecule has 9 heteroatoms. The van der Waals surface area contributed by atoms with Crippen molar-refractivity contribution in [2.75, 3.05) is 19.9 Å². The summed E-state index contributed by atoms with van der Waals surface area (Å²) in [4.78, 5) is 36.7. The van der Waals surface area contributed by atoms with Crippen LogP contribution in [-0.2, 0) is 14.3 Å². The Morgan fingerprint density at radius 1 is 1.32 bits per heavy atom. The number of carbonyl (C=O) groups is 2. The van der Waals surface area contributed by atoms with Gasteiger partial charge in [-0.05, 0) is 37.8 Å². The number of hydrogen-bond acceptors (Lipinski definition) is 7. The molecule has 0 spiro atoms. The minimum Gasteiger partial charge on any atom is -0.454 e. The van der Waals surface area contributed by atoms with E-state index < -0.39 is 10.9 Å². The van der Waals surface area contributed by atoms with Gasteiger partial charge in [-0.1, -0.05) is 6.92 Å². The summed E-state index contributed by atoms with van der Waals surface area (Å²) in [5.74, 6) is -0.318. The molecule has 28 heavy (non-hydrogen) atoms. The van der Waals surface area contributed by atoms with Crippen molar-refractivity contribution in [3.63, 3.8) is 0 Å². The number of rotatable bonds is 6. The number of nitro benzene ring substituents is 1. The fraction of sp³-hybridized carbons (Fsp3) is 0.474. The van der Waals surface area contributed by atoms with Gasteiger partial charge in [-0.25, -0.2) is 4.79 Å². The fourth-order valence-electron chi connectivity index (χ4n) is 3.41. The Balaban J connectivity index is 1.61. The first-order valence-electron chi connectivity index (χ1n) is 9.22. The molecule has 1 aromatic carbocycles. The second kappa shape index (κ2) is 8.73. The van der Waals surface area contributed by atoms with Gasteiger partial charge >= 0.3 is 5.97 Å². The molecule has 0 aliphatic carbocycles. The van der Waals surface area contributed by atoms with Gasteiger partial charge in [0.1, 0.15) is 0 Å². The smallest absolute Gasteiger partial charge is 0.331 e. The van der Waals surface area contributed by atoms with Gasteiger partial charge < -0.3 is 19.1 Å². The van der Waals surface area contributed by atoms with E-state index in [4.69, 9.17) is 14.2 Å². The average Bonchev–Trinajstić information content (AvgIpc) is 3.17. The van der Waals surface area contributed by atoms with E-state index in [1.54, 1.807) is 4.90 Å². The van der Waals surface area contributed by atoms with E-state index in [0.29, 0.717) is 12.3 Å². The standard InChI is InChI=1S/C19H22N2O7/c1-2-14-5-3-4-8-20(14)18(22)11-26-19(23)7-6-13-9-16-17(28-12-27-16)10-15(13)21(24)25/h6-7,9-10,14H,2-5,8,11-12H2,1H3/b7-6+/t14-/m1/s1. The summed E-state index contributed by atoms with van der Waals surface area (Å²) >= 11 is 0. The van der Waals surface area contributed by atoms with Crippen LogP contribution in [0.5, 0.6) is 11.5 Å². The highest BCUT2D eigenvalue weighted by atomic mass is 16.7. The lowest BCUT2D eigenvalue weighted by atomic mass is 10.00.